The predicted octanol–water partition coefficient (Wildman–Crippen LogP) is 1.10. The van der Waals surface area contributed by atoms with E-state index in [0.717, 1.165) is 17.2 Å². The molecule has 3 unspecified atom stereocenters. The van der Waals surface area contributed by atoms with E-state index in [1.54, 1.807) is 17.6 Å². The van der Waals surface area contributed by atoms with Crippen LogP contribution in [-0.4, -0.2) is 28.9 Å². The number of carbonyl (C=O) groups is 1. The number of rotatable bonds is 5. The fraction of sp³-hybridized carbons (Fsp3) is 0.409. The van der Waals surface area contributed by atoms with Crippen LogP contribution in [0.1, 0.15) is 36.2 Å². The van der Waals surface area contributed by atoms with E-state index in [0.29, 0.717) is 23.4 Å². The van der Waals surface area contributed by atoms with Gasteiger partial charge in [-0.3, -0.25) is 18.9 Å². The normalized spacial score (nSPS) is 27.0. The molecule has 4 atom stereocenters. The highest BCUT2D eigenvalue weighted by Crippen LogP contribution is 2.43. The summed E-state index contributed by atoms with van der Waals surface area (Å²) in [7, 11) is -3.81. The van der Waals surface area contributed by atoms with Gasteiger partial charge in [-0.15, -0.1) is 0 Å². The lowest BCUT2D eigenvalue weighted by atomic mass is 9.85. The highest BCUT2D eigenvalue weighted by atomic mass is 31.2. The molecule has 3 aliphatic heterocycles. The monoisotopic (exact) mass is 458 g/mol. The van der Waals surface area contributed by atoms with Crippen LogP contribution in [0, 0.1) is 5.92 Å². The Kier molecular flexibility index (Phi) is 4.98. The average Bonchev–Trinajstić information content (AvgIpc) is 3.11. The van der Waals surface area contributed by atoms with E-state index < -0.39 is 26.0 Å². The van der Waals surface area contributed by atoms with Gasteiger partial charge in [-0.2, -0.15) is 0 Å². The molecule has 10 heteroatoms. The van der Waals surface area contributed by atoms with Gasteiger partial charge in [-0.1, -0.05) is 31.2 Å². The molecule has 9 nitrogen and oxygen atoms in total. The third-order valence-electron chi connectivity index (χ3n) is 6.35. The number of fused-ring (bicyclic) bond motifs is 5. The van der Waals surface area contributed by atoms with Crippen molar-refractivity contribution in [1.29, 1.82) is 0 Å². The van der Waals surface area contributed by atoms with Crippen molar-refractivity contribution in [2.24, 2.45) is 10.9 Å². The summed E-state index contributed by atoms with van der Waals surface area (Å²) in [5.74, 6) is -0.630. The summed E-state index contributed by atoms with van der Waals surface area (Å²) in [4.78, 5) is 40.6. The Labute approximate surface area is 183 Å². The Hall–Kier alpha value is -2.58. The Morgan fingerprint density at radius 1 is 1.34 bits per heavy atom. The number of ether oxygens (including phenoxy) is 2. The number of carbonyl (C=O) groups excluding carboxylic acids is 1. The van der Waals surface area contributed by atoms with Crippen LogP contribution in [0.3, 0.4) is 0 Å². The predicted molar refractivity (Wildman–Crippen MR) is 113 cm³/mol. The van der Waals surface area contributed by atoms with Crippen LogP contribution < -0.4 is 16.1 Å². The quantitative estimate of drug-likeness (QED) is 0.405. The summed E-state index contributed by atoms with van der Waals surface area (Å²) in [6, 6.07) is 9.37. The number of nitrogens with zero attached hydrogens (tertiary/aromatic N) is 2. The summed E-state index contributed by atoms with van der Waals surface area (Å²) < 4.78 is 29.1. The van der Waals surface area contributed by atoms with Crippen LogP contribution in [0.4, 0.5) is 0 Å². The number of benzene rings is 1. The largest absolute Gasteiger partial charge is 0.458 e. The molecule has 5 rings (SSSR count). The fourth-order valence-electron chi connectivity index (χ4n) is 4.77. The second kappa shape index (κ2) is 7.49. The summed E-state index contributed by atoms with van der Waals surface area (Å²) in [6.07, 6.45) is 2.29. The lowest BCUT2D eigenvalue weighted by molar-refractivity contribution is -0.191. The fourth-order valence-corrected chi connectivity index (χ4v) is 5.01. The zero-order valence-corrected chi connectivity index (χ0v) is 18.6. The minimum atomic E-state index is -3.81. The van der Waals surface area contributed by atoms with E-state index in [9.17, 15) is 19.0 Å². The summed E-state index contributed by atoms with van der Waals surface area (Å²) in [5.41, 5.74) is -0.376. The molecule has 1 aromatic heterocycles. The van der Waals surface area contributed by atoms with E-state index in [-0.39, 0.29) is 30.5 Å². The maximum Gasteiger partial charge on any atom is 0.343 e. The lowest BCUT2D eigenvalue weighted by Crippen LogP contribution is -2.46. The molecule has 1 N–H and O–H groups in total. The van der Waals surface area contributed by atoms with E-state index in [1.165, 1.54) is 0 Å². The van der Waals surface area contributed by atoms with E-state index in [2.05, 4.69) is 6.08 Å². The number of hydrogen-bond donors (Lipinski definition) is 1. The van der Waals surface area contributed by atoms with Crippen LogP contribution in [0.5, 0.6) is 0 Å². The summed E-state index contributed by atoms with van der Waals surface area (Å²) in [5, 5.41) is 1.90. The van der Waals surface area contributed by atoms with Gasteiger partial charge in [0.1, 0.15) is 6.61 Å². The first-order valence-corrected chi connectivity index (χ1v) is 12.4. The number of pyridine rings is 1. The highest BCUT2D eigenvalue weighted by molar-refractivity contribution is 7.51. The lowest BCUT2D eigenvalue weighted by Gasteiger charge is -2.36. The number of cyclic esters (lactones) is 1. The molecule has 4 heterocycles. The van der Waals surface area contributed by atoms with Crippen molar-refractivity contribution in [2.45, 2.75) is 38.1 Å². The van der Waals surface area contributed by atoms with Crippen LogP contribution >= 0.6 is 7.60 Å². The summed E-state index contributed by atoms with van der Waals surface area (Å²) >= 11 is 0. The Bertz CT molecular complexity index is 1350. The molecule has 0 fully saturated rings. The highest BCUT2D eigenvalue weighted by Gasteiger charge is 2.49. The number of aromatic nitrogens is 1. The van der Waals surface area contributed by atoms with E-state index in [4.69, 9.17) is 19.0 Å². The molecule has 0 amide bonds. The molecule has 0 aliphatic carbocycles. The maximum absolute atomic E-state index is 13.4. The van der Waals surface area contributed by atoms with Gasteiger partial charge in [0.2, 0.25) is 0 Å². The van der Waals surface area contributed by atoms with E-state index in [1.807, 2.05) is 24.3 Å². The zero-order chi connectivity index (χ0) is 22.7. The molecule has 2 aromatic rings. The van der Waals surface area contributed by atoms with Crippen molar-refractivity contribution in [3.63, 3.8) is 0 Å². The van der Waals surface area contributed by atoms with Crippen molar-refractivity contribution in [3.05, 3.63) is 68.1 Å². The van der Waals surface area contributed by atoms with Crippen LogP contribution in [0.2, 0.25) is 0 Å². The Morgan fingerprint density at radius 2 is 2.12 bits per heavy atom. The van der Waals surface area contributed by atoms with E-state index >= 15 is 0 Å². The molecule has 0 radical (unpaired) electrons. The van der Waals surface area contributed by atoms with Gasteiger partial charge in [0.05, 0.1) is 17.0 Å². The van der Waals surface area contributed by atoms with Gasteiger partial charge in [0.15, 0.2) is 12.4 Å². The van der Waals surface area contributed by atoms with Gasteiger partial charge < -0.3 is 18.9 Å². The van der Waals surface area contributed by atoms with Gasteiger partial charge >= 0.3 is 13.6 Å². The zero-order valence-electron chi connectivity index (χ0n) is 17.7. The Balaban J connectivity index is 1.63. The van der Waals surface area contributed by atoms with Crippen molar-refractivity contribution >= 4 is 19.6 Å². The SMILES string of the molecule is CC[C@@]1(OCOP(C)(=O)O)C(=O)OCc2c1cc1n(c2=O)CC2C=c3ccccc3=NC12. The van der Waals surface area contributed by atoms with Crippen LogP contribution in [-0.2, 0) is 42.1 Å². The van der Waals surface area contributed by atoms with Crippen molar-refractivity contribution in [3.8, 4) is 0 Å². The molecule has 0 saturated heterocycles. The maximum atomic E-state index is 13.4. The Morgan fingerprint density at radius 3 is 2.88 bits per heavy atom. The van der Waals surface area contributed by atoms with Crippen LogP contribution in [0.15, 0.2) is 40.1 Å². The van der Waals surface area contributed by atoms with Gasteiger partial charge in [0, 0.05) is 30.4 Å². The number of para-hydroxylation sites is 1. The third kappa shape index (κ3) is 3.28. The minimum absolute atomic E-state index is 0.0266. The van der Waals surface area contributed by atoms with Gasteiger partial charge in [-0.25, -0.2) is 4.79 Å². The molecular weight excluding hydrogens is 435 g/mol. The minimum Gasteiger partial charge on any atom is -0.458 e. The second-order valence-corrected chi connectivity index (χ2v) is 10.2. The van der Waals surface area contributed by atoms with Crippen molar-refractivity contribution < 1.29 is 28.3 Å². The third-order valence-corrected chi connectivity index (χ3v) is 6.94. The second-order valence-electron chi connectivity index (χ2n) is 8.29. The molecule has 32 heavy (non-hydrogen) atoms. The van der Waals surface area contributed by atoms with Gasteiger partial charge in [-0.05, 0) is 23.8 Å². The number of hydrogen-bond acceptors (Lipinski definition) is 7. The van der Waals surface area contributed by atoms with Crippen molar-refractivity contribution in [1.82, 2.24) is 4.57 Å². The molecular formula is C22H23N2O7P. The smallest absolute Gasteiger partial charge is 0.343 e. The van der Waals surface area contributed by atoms with Crippen LogP contribution in [0.25, 0.3) is 6.08 Å². The molecule has 1 aromatic carbocycles. The topological polar surface area (TPSA) is 116 Å². The number of esters is 1. The van der Waals surface area contributed by atoms with Crippen molar-refractivity contribution in [2.75, 3.05) is 13.5 Å². The standard InChI is InChI=1S/C22H23N2O7P/c1-3-22(30-12-31-32(2,27)28)16-9-18-19-14(8-13-6-4-5-7-17(13)23-19)10-24(18)20(25)15(16)11-29-21(22)26/h4-9,14,19H,3,10-12H2,1-2H3,(H,27,28)/t14?,19?,22-/m0/s1. The van der Waals surface area contributed by atoms with Gasteiger partial charge in [0.25, 0.3) is 5.56 Å². The molecule has 0 saturated carbocycles. The molecule has 0 bridgehead atoms. The first kappa shape index (κ1) is 21.3. The molecule has 168 valence electrons. The first-order chi connectivity index (χ1) is 15.2. The average molecular weight is 458 g/mol. The molecule has 0 spiro atoms. The summed E-state index contributed by atoms with van der Waals surface area (Å²) in [6.45, 7) is 2.50. The first-order valence-electron chi connectivity index (χ1n) is 10.4. The molecule has 3 aliphatic rings.